The molecule has 1 atom stereocenters. The number of aliphatic carboxylic acids is 1. The molecular formula is C22H46N4O2. The van der Waals surface area contributed by atoms with E-state index in [0.717, 1.165) is 38.6 Å². The Bertz CT molecular complexity index is 411. The monoisotopic (exact) mass is 398 g/mol. The van der Waals surface area contributed by atoms with E-state index in [2.05, 4.69) is 24.2 Å². The number of rotatable bonds is 20. The number of carbonyl (C=O) groups is 1. The normalized spacial score (nSPS) is 13.2. The highest BCUT2D eigenvalue weighted by molar-refractivity contribution is 5.78. The minimum Gasteiger partial charge on any atom is -0.480 e. The molecule has 0 heterocycles. The first-order valence-corrected chi connectivity index (χ1v) is 11.5. The maximum absolute atomic E-state index is 12.1. The lowest BCUT2D eigenvalue weighted by Crippen LogP contribution is -2.52. The summed E-state index contributed by atoms with van der Waals surface area (Å²) >= 11 is 0. The second-order valence-electron chi connectivity index (χ2n) is 8.01. The minimum atomic E-state index is -0.853. The van der Waals surface area contributed by atoms with E-state index in [1.165, 1.54) is 44.9 Å². The molecule has 6 N–H and O–H groups in total. The zero-order valence-corrected chi connectivity index (χ0v) is 18.5. The van der Waals surface area contributed by atoms with Gasteiger partial charge in [0.25, 0.3) is 0 Å². The van der Waals surface area contributed by atoms with Crippen LogP contribution in [0.25, 0.3) is 0 Å². The molecule has 0 bridgehead atoms. The summed E-state index contributed by atoms with van der Waals surface area (Å²) in [5.74, 6) is -0.677. The van der Waals surface area contributed by atoms with Crippen molar-refractivity contribution < 1.29 is 9.90 Å². The Balaban J connectivity index is 4.42. The van der Waals surface area contributed by atoms with Gasteiger partial charge in [-0.05, 0) is 32.2 Å². The molecule has 0 aromatic carbocycles. The molecule has 0 radical (unpaired) electrons. The van der Waals surface area contributed by atoms with Crippen molar-refractivity contribution in [3.63, 3.8) is 0 Å². The van der Waals surface area contributed by atoms with Crippen molar-refractivity contribution in [1.29, 1.82) is 0 Å². The first kappa shape index (κ1) is 26.7. The lowest BCUT2D eigenvalue weighted by Gasteiger charge is -2.31. The SMILES string of the molecule is CCCCCCCCCCN[C@@](CCCCCC)(CCCN=C(N)N)C(=O)O. The third-order valence-electron chi connectivity index (χ3n) is 5.42. The van der Waals surface area contributed by atoms with Crippen LogP contribution in [0.2, 0.25) is 0 Å². The maximum atomic E-state index is 12.1. The molecule has 0 saturated heterocycles. The Morgan fingerprint density at radius 3 is 1.86 bits per heavy atom. The minimum absolute atomic E-state index is 0.0655. The second kappa shape index (κ2) is 17.8. The number of guanidine groups is 1. The quantitative estimate of drug-likeness (QED) is 0.136. The third-order valence-corrected chi connectivity index (χ3v) is 5.42. The topological polar surface area (TPSA) is 114 Å². The van der Waals surface area contributed by atoms with Gasteiger partial charge in [0.05, 0.1) is 0 Å². The number of nitrogens with one attached hydrogen (secondary N) is 1. The largest absolute Gasteiger partial charge is 0.480 e. The number of carboxylic acid groups (broad SMARTS) is 1. The van der Waals surface area contributed by atoms with Gasteiger partial charge >= 0.3 is 5.97 Å². The van der Waals surface area contributed by atoms with Gasteiger partial charge in [-0.25, -0.2) is 0 Å². The zero-order valence-electron chi connectivity index (χ0n) is 18.5. The van der Waals surface area contributed by atoms with Crippen molar-refractivity contribution in [3.8, 4) is 0 Å². The van der Waals surface area contributed by atoms with Crippen LogP contribution in [0.15, 0.2) is 4.99 Å². The Morgan fingerprint density at radius 1 is 0.821 bits per heavy atom. The van der Waals surface area contributed by atoms with E-state index in [9.17, 15) is 9.90 Å². The molecule has 166 valence electrons. The van der Waals surface area contributed by atoms with Crippen LogP contribution in [0.1, 0.15) is 110 Å². The molecule has 0 fully saturated rings. The molecule has 0 aliphatic heterocycles. The van der Waals surface area contributed by atoms with Crippen molar-refractivity contribution in [2.24, 2.45) is 16.5 Å². The number of carboxylic acids is 1. The molecular weight excluding hydrogens is 352 g/mol. The summed E-state index contributed by atoms with van der Waals surface area (Å²) in [6, 6.07) is 0. The van der Waals surface area contributed by atoms with Crippen molar-refractivity contribution in [1.82, 2.24) is 5.32 Å². The highest BCUT2D eigenvalue weighted by Crippen LogP contribution is 2.23. The summed E-state index contributed by atoms with van der Waals surface area (Å²) in [5, 5.41) is 13.4. The van der Waals surface area contributed by atoms with Crippen molar-refractivity contribution in [2.45, 2.75) is 116 Å². The summed E-state index contributed by atoms with van der Waals surface area (Å²) in [6.07, 6.45) is 16.2. The summed E-state index contributed by atoms with van der Waals surface area (Å²) in [7, 11) is 0. The number of hydrogen-bond donors (Lipinski definition) is 4. The Morgan fingerprint density at radius 2 is 1.32 bits per heavy atom. The molecule has 0 unspecified atom stereocenters. The zero-order chi connectivity index (χ0) is 21.1. The van der Waals surface area contributed by atoms with Crippen molar-refractivity contribution in [2.75, 3.05) is 13.1 Å². The average molecular weight is 399 g/mol. The van der Waals surface area contributed by atoms with Gasteiger partial charge in [0.2, 0.25) is 0 Å². The first-order valence-electron chi connectivity index (χ1n) is 11.5. The van der Waals surface area contributed by atoms with E-state index in [4.69, 9.17) is 11.5 Å². The van der Waals surface area contributed by atoms with E-state index >= 15 is 0 Å². The predicted molar refractivity (Wildman–Crippen MR) is 120 cm³/mol. The van der Waals surface area contributed by atoms with Gasteiger partial charge in [-0.15, -0.1) is 0 Å². The van der Waals surface area contributed by atoms with E-state index in [1.807, 2.05) is 0 Å². The molecule has 0 saturated carbocycles. The molecule has 0 aliphatic carbocycles. The van der Waals surface area contributed by atoms with Gasteiger partial charge in [-0.2, -0.15) is 0 Å². The molecule has 6 heteroatoms. The number of unbranched alkanes of at least 4 members (excludes halogenated alkanes) is 10. The number of hydrogen-bond acceptors (Lipinski definition) is 3. The van der Waals surface area contributed by atoms with Crippen LogP contribution >= 0.6 is 0 Å². The molecule has 6 nitrogen and oxygen atoms in total. The fourth-order valence-corrected chi connectivity index (χ4v) is 3.62. The lowest BCUT2D eigenvalue weighted by atomic mass is 9.86. The summed E-state index contributed by atoms with van der Waals surface area (Å²) in [6.45, 7) is 5.64. The molecule has 0 aromatic rings. The van der Waals surface area contributed by atoms with Crippen LogP contribution in [0, 0.1) is 0 Å². The lowest BCUT2D eigenvalue weighted by molar-refractivity contribution is -0.145. The third kappa shape index (κ3) is 13.8. The molecule has 28 heavy (non-hydrogen) atoms. The number of nitrogens with two attached hydrogens (primary N) is 2. The van der Waals surface area contributed by atoms with Crippen LogP contribution in [0.4, 0.5) is 0 Å². The van der Waals surface area contributed by atoms with E-state index in [0.29, 0.717) is 25.8 Å². The van der Waals surface area contributed by atoms with Gasteiger partial charge in [0.15, 0.2) is 5.96 Å². The smallest absolute Gasteiger partial charge is 0.323 e. The maximum Gasteiger partial charge on any atom is 0.323 e. The highest BCUT2D eigenvalue weighted by atomic mass is 16.4. The Hall–Kier alpha value is -1.30. The number of nitrogens with zero attached hydrogens (tertiary/aromatic N) is 1. The van der Waals surface area contributed by atoms with Gasteiger partial charge in [-0.3, -0.25) is 9.79 Å². The fourth-order valence-electron chi connectivity index (χ4n) is 3.62. The van der Waals surface area contributed by atoms with Crippen LogP contribution in [0.3, 0.4) is 0 Å². The van der Waals surface area contributed by atoms with Crippen LogP contribution in [-0.4, -0.2) is 35.7 Å². The number of aliphatic imine (C=N–C) groups is 1. The predicted octanol–water partition coefficient (Wildman–Crippen LogP) is 4.56. The molecule has 0 amide bonds. The molecule has 0 aromatic heterocycles. The van der Waals surface area contributed by atoms with E-state index < -0.39 is 11.5 Å². The molecule has 0 aliphatic rings. The van der Waals surface area contributed by atoms with Gasteiger partial charge in [0, 0.05) is 6.54 Å². The van der Waals surface area contributed by atoms with Crippen molar-refractivity contribution in [3.05, 3.63) is 0 Å². The first-order chi connectivity index (χ1) is 13.5. The van der Waals surface area contributed by atoms with E-state index in [1.54, 1.807) is 0 Å². The fraction of sp³-hybridized carbons (Fsp3) is 0.909. The summed E-state index contributed by atoms with van der Waals surface area (Å²) in [4.78, 5) is 16.1. The van der Waals surface area contributed by atoms with Crippen molar-refractivity contribution >= 4 is 11.9 Å². The van der Waals surface area contributed by atoms with Gasteiger partial charge in [0.1, 0.15) is 5.54 Å². The standard InChI is InChI=1S/C22H46N4O2/c1-3-5-7-9-10-11-12-14-19-26-22(20(27)28,16-13-8-6-4-2)17-15-18-25-21(23)24/h26H,3-19H2,1-2H3,(H,27,28)(H4,23,24,25)/t22-/m0/s1. The Labute approximate surface area is 172 Å². The highest BCUT2D eigenvalue weighted by Gasteiger charge is 2.36. The van der Waals surface area contributed by atoms with Gasteiger partial charge in [-0.1, -0.05) is 84.5 Å². The Kier molecular flexibility index (Phi) is 16.9. The molecule has 0 rings (SSSR count). The van der Waals surface area contributed by atoms with Crippen LogP contribution in [-0.2, 0) is 4.79 Å². The molecule has 0 spiro atoms. The van der Waals surface area contributed by atoms with E-state index in [-0.39, 0.29) is 5.96 Å². The van der Waals surface area contributed by atoms with Crippen LogP contribution in [0.5, 0.6) is 0 Å². The van der Waals surface area contributed by atoms with Gasteiger partial charge < -0.3 is 21.9 Å². The average Bonchev–Trinajstić information content (AvgIpc) is 2.66. The van der Waals surface area contributed by atoms with Crippen LogP contribution < -0.4 is 16.8 Å². The second-order valence-corrected chi connectivity index (χ2v) is 8.01. The summed E-state index contributed by atoms with van der Waals surface area (Å²) in [5.41, 5.74) is 9.90. The summed E-state index contributed by atoms with van der Waals surface area (Å²) < 4.78 is 0.